The minimum Gasteiger partial charge on any atom is -0.368 e. The van der Waals surface area contributed by atoms with Crippen molar-refractivity contribution in [1.29, 1.82) is 0 Å². The fourth-order valence-corrected chi connectivity index (χ4v) is 3.14. The molecule has 1 aromatic heterocycles. The second-order valence-corrected chi connectivity index (χ2v) is 5.92. The molecule has 88 valence electrons. The van der Waals surface area contributed by atoms with Gasteiger partial charge in [-0.25, -0.2) is 0 Å². The first kappa shape index (κ1) is 12.1. The van der Waals surface area contributed by atoms with Gasteiger partial charge in [-0.15, -0.1) is 11.3 Å². The highest BCUT2D eigenvalue weighted by atomic mass is 79.9. The Bertz CT molecular complexity index is 380. The lowest BCUT2D eigenvalue weighted by molar-refractivity contribution is -0.131. The Labute approximate surface area is 107 Å². The van der Waals surface area contributed by atoms with Crippen LogP contribution in [-0.2, 0) is 16.1 Å². The van der Waals surface area contributed by atoms with Gasteiger partial charge in [-0.1, -0.05) is 6.92 Å². The normalized spacial score (nSPS) is 24.6. The third-order valence-corrected chi connectivity index (χ3v) is 4.40. The van der Waals surface area contributed by atoms with Crippen molar-refractivity contribution in [1.82, 2.24) is 5.32 Å². The number of nitrogens with one attached hydrogen (secondary N) is 1. The number of ether oxygens (including phenoxy) is 1. The smallest absolute Gasteiger partial charge is 0.249 e. The number of thiophene rings is 1. The summed E-state index contributed by atoms with van der Waals surface area (Å²) < 4.78 is 6.46. The summed E-state index contributed by atoms with van der Waals surface area (Å²) in [4.78, 5) is 12.9. The maximum absolute atomic E-state index is 11.8. The molecule has 1 saturated heterocycles. The van der Waals surface area contributed by atoms with Gasteiger partial charge in [0.2, 0.25) is 5.91 Å². The summed E-state index contributed by atoms with van der Waals surface area (Å²) in [7, 11) is 0. The van der Waals surface area contributed by atoms with Crippen LogP contribution in [0, 0.1) is 5.92 Å². The molecule has 1 aliphatic rings. The third kappa shape index (κ3) is 2.84. The van der Waals surface area contributed by atoms with Crippen molar-refractivity contribution in [2.75, 3.05) is 6.61 Å². The Balaban J connectivity index is 1.83. The zero-order chi connectivity index (χ0) is 11.5. The molecule has 1 aliphatic heterocycles. The molecule has 3 nitrogen and oxygen atoms in total. The molecule has 0 saturated carbocycles. The van der Waals surface area contributed by atoms with Crippen LogP contribution in [0.25, 0.3) is 0 Å². The van der Waals surface area contributed by atoms with E-state index in [1.165, 1.54) is 0 Å². The first-order valence-corrected chi connectivity index (χ1v) is 6.96. The molecule has 1 amide bonds. The maximum Gasteiger partial charge on any atom is 0.249 e. The van der Waals surface area contributed by atoms with Crippen LogP contribution < -0.4 is 5.32 Å². The number of amides is 1. The largest absolute Gasteiger partial charge is 0.368 e. The van der Waals surface area contributed by atoms with Crippen LogP contribution in [0.1, 0.15) is 18.2 Å². The Hall–Kier alpha value is -0.390. The van der Waals surface area contributed by atoms with Crippen LogP contribution in [0.2, 0.25) is 0 Å². The first-order valence-electron chi connectivity index (χ1n) is 5.29. The average molecular weight is 304 g/mol. The molecule has 5 heteroatoms. The van der Waals surface area contributed by atoms with Crippen molar-refractivity contribution < 1.29 is 9.53 Å². The van der Waals surface area contributed by atoms with Crippen LogP contribution >= 0.6 is 27.3 Å². The van der Waals surface area contributed by atoms with Gasteiger partial charge < -0.3 is 10.1 Å². The van der Waals surface area contributed by atoms with Crippen molar-refractivity contribution in [3.05, 3.63) is 20.8 Å². The number of carbonyl (C=O) groups excluding carboxylic acids is 1. The summed E-state index contributed by atoms with van der Waals surface area (Å²) in [5.74, 6) is 0.338. The van der Waals surface area contributed by atoms with Crippen LogP contribution in [0.4, 0.5) is 0 Å². The first-order chi connectivity index (χ1) is 7.66. The fraction of sp³-hybridized carbons (Fsp3) is 0.545. The summed E-state index contributed by atoms with van der Waals surface area (Å²) in [6.07, 6.45) is 0.714. The summed E-state index contributed by atoms with van der Waals surface area (Å²) >= 11 is 5.02. The van der Waals surface area contributed by atoms with E-state index >= 15 is 0 Å². The van der Waals surface area contributed by atoms with Crippen LogP contribution in [-0.4, -0.2) is 18.6 Å². The molecule has 0 bridgehead atoms. The van der Waals surface area contributed by atoms with E-state index in [9.17, 15) is 4.79 Å². The molecule has 2 heterocycles. The molecule has 0 radical (unpaired) electrons. The summed E-state index contributed by atoms with van der Waals surface area (Å²) in [6.45, 7) is 3.34. The fourth-order valence-electron chi connectivity index (χ4n) is 1.75. The van der Waals surface area contributed by atoms with E-state index in [4.69, 9.17) is 4.74 Å². The number of hydrogen-bond acceptors (Lipinski definition) is 3. The topological polar surface area (TPSA) is 38.3 Å². The lowest BCUT2D eigenvalue weighted by atomic mass is 10.0. The van der Waals surface area contributed by atoms with Gasteiger partial charge in [0.1, 0.15) is 6.10 Å². The van der Waals surface area contributed by atoms with Crippen molar-refractivity contribution in [2.24, 2.45) is 5.92 Å². The molecule has 2 atom stereocenters. The molecule has 1 aromatic rings. The van der Waals surface area contributed by atoms with Crippen LogP contribution in [0.15, 0.2) is 15.9 Å². The van der Waals surface area contributed by atoms with Gasteiger partial charge in [0, 0.05) is 21.3 Å². The van der Waals surface area contributed by atoms with Crippen molar-refractivity contribution in [2.45, 2.75) is 26.0 Å². The van der Waals surface area contributed by atoms with E-state index in [2.05, 4.69) is 28.2 Å². The predicted octanol–water partition coefficient (Wildman–Crippen LogP) is 2.55. The highest BCUT2D eigenvalue weighted by Gasteiger charge is 2.30. The molecule has 2 unspecified atom stereocenters. The molecule has 0 aliphatic carbocycles. The van der Waals surface area contributed by atoms with Crippen molar-refractivity contribution in [3.63, 3.8) is 0 Å². The van der Waals surface area contributed by atoms with E-state index < -0.39 is 0 Å². The van der Waals surface area contributed by atoms with E-state index in [1.54, 1.807) is 11.3 Å². The van der Waals surface area contributed by atoms with E-state index in [0.717, 1.165) is 15.8 Å². The Kier molecular flexibility index (Phi) is 4.00. The SMILES string of the molecule is CC1CCOC1C(=O)NCc1cc(Br)cs1. The molecule has 2 rings (SSSR count). The number of hydrogen-bond donors (Lipinski definition) is 1. The molecule has 0 aromatic carbocycles. The standard InChI is InChI=1S/C11H14BrNO2S/c1-7-2-3-15-10(7)11(14)13-5-9-4-8(12)6-16-9/h4,6-7,10H,2-3,5H2,1H3,(H,13,14). The second-order valence-electron chi connectivity index (χ2n) is 4.01. The van der Waals surface area contributed by atoms with E-state index in [1.807, 2.05) is 11.4 Å². The minimum absolute atomic E-state index is 0.00882. The summed E-state index contributed by atoms with van der Waals surface area (Å²) in [6, 6.07) is 2.02. The van der Waals surface area contributed by atoms with Gasteiger partial charge >= 0.3 is 0 Å². The summed E-state index contributed by atoms with van der Waals surface area (Å²) in [5, 5.41) is 4.92. The molecule has 16 heavy (non-hydrogen) atoms. The van der Waals surface area contributed by atoms with Gasteiger partial charge in [-0.05, 0) is 34.3 Å². The monoisotopic (exact) mass is 303 g/mol. The van der Waals surface area contributed by atoms with Gasteiger partial charge in [0.05, 0.1) is 6.54 Å². The van der Waals surface area contributed by atoms with E-state index in [0.29, 0.717) is 19.1 Å². The van der Waals surface area contributed by atoms with Gasteiger partial charge in [-0.3, -0.25) is 4.79 Å². The predicted molar refractivity (Wildman–Crippen MR) is 67.4 cm³/mol. The molecule has 1 fully saturated rings. The number of halogens is 1. The van der Waals surface area contributed by atoms with Crippen LogP contribution in [0.5, 0.6) is 0 Å². The minimum atomic E-state index is -0.261. The van der Waals surface area contributed by atoms with E-state index in [-0.39, 0.29) is 12.0 Å². The Morgan fingerprint density at radius 3 is 3.12 bits per heavy atom. The lowest BCUT2D eigenvalue weighted by Gasteiger charge is -2.13. The number of rotatable bonds is 3. The highest BCUT2D eigenvalue weighted by molar-refractivity contribution is 9.10. The number of carbonyl (C=O) groups is 1. The average Bonchev–Trinajstić information content (AvgIpc) is 2.84. The lowest BCUT2D eigenvalue weighted by Crippen LogP contribution is -2.36. The quantitative estimate of drug-likeness (QED) is 0.932. The van der Waals surface area contributed by atoms with Gasteiger partial charge in [0.15, 0.2) is 0 Å². The summed E-state index contributed by atoms with van der Waals surface area (Å²) in [5.41, 5.74) is 0. The third-order valence-electron chi connectivity index (χ3n) is 2.70. The Morgan fingerprint density at radius 1 is 1.75 bits per heavy atom. The zero-order valence-electron chi connectivity index (χ0n) is 9.03. The molecule has 1 N–H and O–H groups in total. The van der Waals surface area contributed by atoms with Gasteiger partial charge in [-0.2, -0.15) is 0 Å². The van der Waals surface area contributed by atoms with Crippen LogP contribution in [0.3, 0.4) is 0 Å². The Morgan fingerprint density at radius 2 is 2.56 bits per heavy atom. The van der Waals surface area contributed by atoms with Crippen molar-refractivity contribution in [3.8, 4) is 0 Å². The highest BCUT2D eigenvalue weighted by Crippen LogP contribution is 2.21. The second kappa shape index (κ2) is 5.29. The molecule has 0 spiro atoms. The zero-order valence-corrected chi connectivity index (χ0v) is 11.4. The maximum atomic E-state index is 11.8. The van der Waals surface area contributed by atoms with Crippen molar-refractivity contribution >= 4 is 33.2 Å². The molecular formula is C11H14BrNO2S. The molecular weight excluding hydrogens is 290 g/mol. The van der Waals surface area contributed by atoms with Gasteiger partial charge in [0.25, 0.3) is 0 Å².